The van der Waals surface area contributed by atoms with Crippen molar-refractivity contribution >= 4 is 27.5 Å². The van der Waals surface area contributed by atoms with Crippen molar-refractivity contribution in [2.24, 2.45) is 5.41 Å². The summed E-state index contributed by atoms with van der Waals surface area (Å²) in [5.74, 6) is 0.183. The van der Waals surface area contributed by atoms with Crippen LogP contribution in [-0.2, 0) is 11.2 Å². The van der Waals surface area contributed by atoms with Crippen molar-refractivity contribution in [3.63, 3.8) is 0 Å². The Balaban J connectivity index is 2.00. The zero-order valence-corrected chi connectivity index (χ0v) is 13.1. The van der Waals surface area contributed by atoms with Crippen LogP contribution in [-0.4, -0.2) is 11.2 Å². The van der Waals surface area contributed by atoms with Crippen molar-refractivity contribution in [1.82, 2.24) is 0 Å². The van der Waals surface area contributed by atoms with Crippen molar-refractivity contribution in [3.05, 3.63) is 29.8 Å². The van der Waals surface area contributed by atoms with Gasteiger partial charge < -0.3 is 5.32 Å². The minimum Gasteiger partial charge on any atom is -0.326 e. The smallest absolute Gasteiger partial charge is 0.230 e. The van der Waals surface area contributed by atoms with E-state index in [0.29, 0.717) is 0 Å². The molecule has 2 nitrogen and oxygen atoms in total. The zero-order chi connectivity index (χ0) is 13.7. The second-order valence-electron chi connectivity index (χ2n) is 5.71. The summed E-state index contributed by atoms with van der Waals surface area (Å²) in [7, 11) is 0. The topological polar surface area (TPSA) is 29.1 Å². The lowest BCUT2D eigenvalue weighted by Crippen LogP contribution is -2.30. The summed E-state index contributed by atoms with van der Waals surface area (Å²) in [4.78, 5) is 12.3. The Morgan fingerprint density at radius 3 is 2.79 bits per heavy atom. The number of hydrogen-bond acceptors (Lipinski definition) is 1. The number of aryl methyl sites for hydroxylation is 1. The maximum atomic E-state index is 12.3. The normalized spacial score (nSPS) is 17.4. The van der Waals surface area contributed by atoms with Crippen LogP contribution in [0.5, 0.6) is 0 Å². The highest BCUT2D eigenvalue weighted by Crippen LogP contribution is 2.38. The van der Waals surface area contributed by atoms with E-state index in [1.165, 1.54) is 18.4 Å². The number of carbonyl (C=O) groups excluding carboxylic acids is 1. The fraction of sp³-hybridized carbons (Fsp3) is 0.562. The van der Waals surface area contributed by atoms with Gasteiger partial charge >= 0.3 is 0 Å². The van der Waals surface area contributed by atoms with Gasteiger partial charge in [0, 0.05) is 16.4 Å². The van der Waals surface area contributed by atoms with Crippen LogP contribution in [0.1, 0.15) is 44.6 Å². The predicted molar refractivity (Wildman–Crippen MR) is 83.8 cm³/mol. The average Bonchev–Trinajstić information content (AvgIpc) is 2.85. The van der Waals surface area contributed by atoms with Gasteiger partial charge in [-0.05, 0) is 43.4 Å². The minimum absolute atomic E-state index is 0.161. The van der Waals surface area contributed by atoms with Gasteiger partial charge in [-0.2, -0.15) is 0 Å². The van der Waals surface area contributed by atoms with Gasteiger partial charge in [-0.1, -0.05) is 47.8 Å². The van der Waals surface area contributed by atoms with Gasteiger partial charge in [0.2, 0.25) is 5.91 Å². The number of nitrogens with one attached hydrogen (secondary N) is 1. The van der Waals surface area contributed by atoms with E-state index in [0.717, 1.165) is 36.7 Å². The third-order valence-electron chi connectivity index (χ3n) is 4.04. The van der Waals surface area contributed by atoms with Crippen LogP contribution in [0.2, 0.25) is 0 Å². The molecule has 1 aromatic carbocycles. The molecule has 0 unspecified atom stereocenters. The molecular weight excluding hydrogens is 302 g/mol. The number of benzene rings is 1. The van der Waals surface area contributed by atoms with Gasteiger partial charge in [0.1, 0.15) is 0 Å². The number of hydrogen-bond donors (Lipinski definition) is 1. The Kier molecular flexibility index (Phi) is 5.03. The highest BCUT2D eigenvalue weighted by molar-refractivity contribution is 9.09. The number of anilines is 1. The van der Waals surface area contributed by atoms with Crippen molar-refractivity contribution in [3.8, 4) is 0 Å². The van der Waals surface area contributed by atoms with E-state index in [1.54, 1.807) is 0 Å². The van der Waals surface area contributed by atoms with Crippen LogP contribution in [0, 0.1) is 5.41 Å². The summed E-state index contributed by atoms with van der Waals surface area (Å²) < 4.78 is 0. The van der Waals surface area contributed by atoms with Gasteiger partial charge in [0.25, 0.3) is 0 Å². The van der Waals surface area contributed by atoms with E-state index in [9.17, 15) is 4.79 Å². The van der Waals surface area contributed by atoms with Crippen LogP contribution in [0.3, 0.4) is 0 Å². The SMILES string of the molecule is CC1(C(=O)Nc2cccc(CCCBr)c2)CCCC1. The molecule has 1 aromatic rings. The maximum absolute atomic E-state index is 12.3. The standard InChI is InChI=1S/C16H22BrNO/c1-16(9-2-3-10-16)15(19)18-14-8-4-6-13(12-14)7-5-11-17/h4,6,8,12H,2-3,5,7,9-11H2,1H3,(H,18,19). The molecule has 1 amide bonds. The van der Waals surface area contributed by atoms with Gasteiger partial charge in [0.15, 0.2) is 0 Å². The molecule has 1 aliphatic rings. The van der Waals surface area contributed by atoms with Crippen molar-refractivity contribution in [2.75, 3.05) is 10.6 Å². The summed E-state index contributed by atoms with van der Waals surface area (Å²) in [5, 5.41) is 4.11. The van der Waals surface area contributed by atoms with Gasteiger partial charge in [-0.25, -0.2) is 0 Å². The minimum atomic E-state index is -0.161. The highest BCUT2D eigenvalue weighted by atomic mass is 79.9. The van der Waals surface area contributed by atoms with Gasteiger partial charge in [-0.15, -0.1) is 0 Å². The van der Waals surface area contributed by atoms with E-state index in [4.69, 9.17) is 0 Å². The largest absolute Gasteiger partial charge is 0.326 e. The lowest BCUT2D eigenvalue weighted by Gasteiger charge is -2.22. The Labute approximate surface area is 124 Å². The molecule has 1 N–H and O–H groups in total. The van der Waals surface area contributed by atoms with E-state index in [1.807, 2.05) is 12.1 Å². The molecule has 1 aliphatic carbocycles. The monoisotopic (exact) mass is 323 g/mol. The fourth-order valence-electron chi connectivity index (χ4n) is 2.74. The van der Waals surface area contributed by atoms with E-state index < -0.39 is 0 Å². The van der Waals surface area contributed by atoms with Gasteiger partial charge in [0.05, 0.1) is 0 Å². The molecule has 0 spiro atoms. The second kappa shape index (κ2) is 6.56. The summed E-state index contributed by atoms with van der Waals surface area (Å²) >= 11 is 3.45. The lowest BCUT2D eigenvalue weighted by molar-refractivity contribution is -0.124. The number of rotatable bonds is 5. The first kappa shape index (κ1) is 14.6. The highest BCUT2D eigenvalue weighted by Gasteiger charge is 2.36. The number of halogens is 1. The molecule has 0 heterocycles. The Morgan fingerprint density at radius 1 is 1.37 bits per heavy atom. The Bertz CT molecular complexity index is 438. The number of amides is 1. The first-order valence-corrected chi connectivity index (χ1v) is 8.22. The maximum Gasteiger partial charge on any atom is 0.230 e. The molecule has 1 saturated carbocycles. The van der Waals surface area contributed by atoms with Crippen LogP contribution >= 0.6 is 15.9 Å². The molecule has 0 saturated heterocycles. The van der Waals surface area contributed by atoms with E-state index in [2.05, 4.69) is 40.3 Å². The molecule has 0 bridgehead atoms. The second-order valence-corrected chi connectivity index (χ2v) is 6.51. The van der Waals surface area contributed by atoms with Crippen LogP contribution in [0.25, 0.3) is 0 Å². The molecule has 3 heteroatoms. The zero-order valence-electron chi connectivity index (χ0n) is 11.5. The molecular formula is C16H22BrNO. The van der Waals surface area contributed by atoms with Crippen molar-refractivity contribution in [2.45, 2.75) is 45.4 Å². The van der Waals surface area contributed by atoms with Crippen LogP contribution in [0.4, 0.5) is 5.69 Å². The molecule has 0 radical (unpaired) electrons. The summed E-state index contributed by atoms with van der Waals surface area (Å²) in [6, 6.07) is 8.22. The molecule has 1 fully saturated rings. The summed E-state index contributed by atoms with van der Waals surface area (Å²) in [6.07, 6.45) is 6.55. The Hall–Kier alpha value is -0.830. The Morgan fingerprint density at radius 2 is 2.11 bits per heavy atom. The lowest BCUT2D eigenvalue weighted by atomic mass is 9.88. The third-order valence-corrected chi connectivity index (χ3v) is 4.60. The van der Waals surface area contributed by atoms with Crippen LogP contribution < -0.4 is 5.32 Å². The summed E-state index contributed by atoms with van der Waals surface area (Å²) in [6.45, 7) is 2.09. The number of alkyl halides is 1. The fourth-order valence-corrected chi connectivity index (χ4v) is 3.02. The first-order valence-electron chi connectivity index (χ1n) is 7.10. The quantitative estimate of drug-likeness (QED) is 0.792. The first-order chi connectivity index (χ1) is 9.14. The average molecular weight is 324 g/mol. The van der Waals surface area contributed by atoms with Crippen LogP contribution in [0.15, 0.2) is 24.3 Å². The van der Waals surface area contributed by atoms with Gasteiger partial charge in [-0.3, -0.25) is 4.79 Å². The third kappa shape index (κ3) is 3.82. The summed E-state index contributed by atoms with van der Waals surface area (Å²) in [5.41, 5.74) is 2.06. The molecule has 19 heavy (non-hydrogen) atoms. The van der Waals surface area contributed by atoms with Crippen molar-refractivity contribution < 1.29 is 4.79 Å². The van der Waals surface area contributed by atoms with E-state index >= 15 is 0 Å². The molecule has 0 aromatic heterocycles. The number of carbonyl (C=O) groups is 1. The molecule has 0 aliphatic heterocycles. The van der Waals surface area contributed by atoms with E-state index in [-0.39, 0.29) is 11.3 Å². The van der Waals surface area contributed by atoms with Crippen molar-refractivity contribution in [1.29, 1.82) is 0 Å². The molecule has 0 atom stereocenters. The predicted octanol–water partition coefficient (Wildman–Crippen LogP) is 4.53. The molecule has 2 rings (SSSR count). The molecule has 104 valence electrons.